The largest absolute Gasteiger partial charge is 0.490 e. The van der Waals surface area contributed by atoms with Crippen molar-refractivity contribution in [3.05, 3.63) is 54.4 Å². The van der Waals surface area contributed by atoms with Crippen molar-refractivity contribution in [1.82, 2.24) is 9.88 Å². The van der Waals surface area contributed by atoms with Crippen molar-refractivity contribution in [2.75, 3.05) is 25.0 Å². The number of amides is 1. The number of rotatable bonds is 2. The van der Waals surface area contributed by atoms with Gasteiger partial charge in [-0.3, -0.25) is 14.7 Å². The lowest BCUT2D eigenvalue weighted by atomic mass is 9.78. The Morgan fingerprint density at radius 3 is 2.67 bits per heavy atom. The molecule has 3 heterocycles. The summed E-state index contributed by atoms with van der Waals surface area (Å²) in [5.41, 5.74) is 1.61. The van der Waals surface area contributed by atoms with Crippen LogP contribution in [0.2, 0.25) is 0 Å². The summed E-state index contributed by atoms with van der Waals surface area (Å²) in [6, 6.07) is 11.7. The summed E-state index contributed by atoms with van der Waals surface area (Å²) >= 11 is 0. The fraction of sp³-hybridized carbons (Fsp3) is 0.368. The van der Waals surface area contributed by atoms with E-state index in [0.29, 0.717) is 6.61 Å². The molecule has 1 spiro atoms. The third-order valence-electron chi connectivity index (χ3n) is 5.09. The van der Waals surface area contributed by atoms with Crippen LogP contribution in [0.3, 0.4) is 0 Å². The van der Waals surface area contributed by atoms with E-state index < -0.39 is 5.41 Å². The van der Waals surface area contributed by atoms with Crippen molar-refractivity contribution in [2.24, 2.45) is 5.41 Å². The molecule has 4 rings (SSSR count). The minimum absolute atomic E-state index is 0.0935. The lowest BCUT2D eigenvalue weighted by Gasteiger charge is -2.39. The van der Waals surface area contributed by atoms with Gasteiger partial charge in [-0.1, -0.05) is 12.1 Å². The predicted molar refractivity (Wildman–Crippen MR) is 91.7 cm³/mol. The summed E-state index contributed by atoms with van der Waals surface area (Å²) in [7, 11) is 0. The smallest absolute Gasteiger partial charge is 0.234 e. The number of pyridine rings is 1. The van der Waals surface area contributed by atoms with Crippen molar-refractivity contribution in [1.29, 1.82) is 0 Å². The van der Waals surface area contributed by atoms with Crippen LogP contribution in [-0.2, 0) is 11.3 Å². The first kappa shape index (κ1) is 15.1. The van der Waals surface area contributed by atoms with Crippen LogP contribution in [0.5, 0.6) is 5.75 Å². The molecule has 5 nitrogen and oxygen atoms in total. The minimum atomic E-state index is -0.423. The number of para-hydroxylation sites is 2. The van der Waals surface area contributed by atoms with Crippen molar-refractivity contribution in [2.45, 2.75) is 19.4 Å². The Bertz CT molecular complexity index is 724. The highest BCUT2D eigenvalue weighted by Crippen LogP contribution is 2.38. The van der Waals surface area contributed by atoms with Gasteiger partial charge in [0.1, 0.15) is 12.4 Å². The molecule has 0 saturated carbocycles. The van der Waals surface area contributed by atoms with Gasteiger partial charge in [-0.2, -0.15) is 0 Å². The summed E-state index contributed by atoms with van der Waals surface area (Å²) in [5, 5.41) is 3.06. The number of benzene rings is 1. The average molecular weight is 323 g/mol. The van der Waals surface area contributed by atoms with Crippen LogP contribution in [0.1, 0.15) is 18.4 Å². The van der Waals surface area contributed by atoms with Gasteiger partial charge in [0.05, 0.1) is 11.1 Å². The second-order valence-corrected chi connectivity index (χ2v) is 6.65. The molecule has 124 valence electrons. The molecule has 1 fully saturated rings. The van der Waals surface area contributed by atoms with Gasteiger partial charge in [-0.15, -0.1) is 0 Å². The normalized spacial score (nSPS) is 19.9. The molecule has 2 aliphatic rings. The molecule has 1 saturated heterocycles. The lowest BCUT2D eigenvalue weighted by Crippen LogP contribution is -2.48. The highest BCUT2D eigenvalue weighted by atomic mass is 16.5. The number of ether oxygens (including phenoxy) is 1. The fourth-order valence-corrected chi connectivity index (χ4v) is 3.49. The van der Waals surface area contributed by atoms with Crippen LogP contribution in [0.25, 0.3) is 0 Å². The van der Waals surface area contributed by atoms with Gasteiger partial charge in [0.2, 0.25) is 5.91 Å². The Labute approximate surface area is 141 Å². The minimum Gasteiger partial charge on any atom is -0.490 e. The van der Waals surface area contributed by atoms with Crippen LogP contribution in [0.4, 0.5) is 5.69 Å². The fourth-order valence-electron chi connectivity index (χ4n) is 3.49. The number of fused-ring (bicyclic) bond motifs is 1. The first-order valence-corrected chi connectivity index (χ1v) is 8.40. The highest BCUT2D eigenvalue weighted by Gasteiger charge is 2.43. The molecular formula is C19H21N3O2. The number of likely N-dealkylation sites (tertiary alicyclic amines) is 1. The maximum atomic E-state index is 12.8. The van der Waals surface area contributed by atoms with Gasteiger partial charge in [0.15, 0.2) is 0 Å². The molecule has 0 bridgehead atoms. The molecule has 0 aliphatic carbocycles. The van der Waals surface area contributed by atoms with Crippen LogP contribution in [0, 0.1) is 5.41 Å². The van der Waals surface area contributed by atoms with Crippen molar-refractivity contribution in [3.63, 3.8) is 0 Å². The van der Waals surface area contributed by atoms with E-state index in [0.717, 1.165) is 43.9 Å². The third kappa shape index (κ3) is 2.87. The molecule has 0 radical (unpaired) electrons. The summed E-state index contributed by atoms with van der Waals surface area (Å²) in [4.78, 5) is 19.3. The van der Waals surface area contributed by atoms with Crippen molar-refractivity contribution >= 4 is 11.6 Å². The number of anilines is 1. The number of aromatic nitrogens is 1. The van der Waals surface area contributed by atoms with Gasteiger partial charge in [-0.25, -0.2) is 0 Å². The molecule has 1 amide bonds. The SMILES string of the molecule is O=C1Nc2ccccc2OCC12CCN(Cc1ccncc1)CC2. The summed E-state index contributed by atoms with van der Waals surface area (Å²) in [6.07, 6.45) is 5.28. The molecule has 0 atom stereocenters. The average Bonchev–Trinajstić information content (AvgIpc) is 2.76. The van der Waals surface area contributed by atoms with E-state index in [1.807, 2.05) is 48.8 Å². The Hall–Kier alpha value is -2.40. The van der Waals surface area contributed by atoms with Gasteiger partial charge in [0.25, 0.3) is 0 Å². The highest BCUT2D eigenvalue weighted by molar-refractivity contribution is 5.97. The molecule has 1 aromatic carbocycles. The Morgan fingerprint density at radius 1 is 1.12 bits per heavy atom. The first-order chi connectivity index (χ1) is 11.8. The zero-order chi connectivity index (χ0) is 16.4. The van der Waals surface area contributed by atoms with Gasteiger partial charge in [-0.05, 0) is 55.8 Å². The number of nitrogens with one attached hydrogen (secondary N) is 1. The van der Waals surface area contributed by atoms with Gasteiger partial charge >= 0.3 is 0 Å². The molecular weight excluding hydrogens is 302 g/mol. The maximum Gasteiger partial charge on any atom is 0.234 e. The predicted octanol–water partition coefficient (Wildman–Crippen LogP) is 2.69. The molecule has 24 heavy (non-hydrogen) atoms. The molecule has 1 aromatic heterocycles. The van der Waals surface area contributed by atoms with E-state index in [1.54, 1.807) is 0 Å². The topological polar surface area (TPSA) is 54.5 Å². The monoisotopic (exact) mass is 323 g/mol. The van der Waals surface area contributed by atoms with E-state index in [1.165, 1.54) is 5.56 Å². The maximum absolute atomic E-state index is 12.8. The second-order valence-electron chi connectivity index (χ2n) is 6.65. The molecule has 1 N–H and O–H groups in total. The lowest BCUT2D eigenvalue weighted by molar-refractivity contribution is -0.130. The molecule has 2 aromatic rings. The number of carbonyl (C=O) groups is 1. The van der Waals surface area contributed by atoms with Crippen molar-refractivity contribution in [3.8, 4) is 5.75 Å². The number of hydrogen-bond donors (Lipinski definition) is 1. The van der Waals surface area contributed by atoms with E-state index in [4.69, 9.17) is 4.74 Å². The summed E-state index contributed by atoms with van der Waals surface area (Å²) in [6.45, 7) is 3.16. The van der Waals surface area contributed by atoms with Gasteiger partial charge < -0.3 is 10.1 Å². The number of piperidine rings is 1. The van der Waals surface area contributed by atoms with Gasteiger partial charge in [0, 0.05) is 18.9 Å². The third-order valence-corrected chi connectivity index (χ3v) is 5.09. The second kappa shape index (κ2) is 6.24. The zero-order valence-electron chi connectivity index (χ0n) is 13.6. The molecule has 5 heteroatoms. The number of carbonyl (C=O) groups excluding carboxylic acids is 1. The van der Waals surface area contributed by atoms with Crippen LogP contribution in [-0.4, -0.2) is 35.5 Å². The molecule has 2 aliphatic heterocycles. The Morgan fingerprint density at radius 2 is 1.88 bits per heavy atom. The summed E-state index contributed by atoms with van der Waals surface area (Å²) < 4.78 is 5.96. The number of nitrogens with zero attached hydrogens (tertiary/aromatic N) is 2. The Kier molecular flexibility index (Phi) is 3.94. The first-order valence-electron chi connectivity index (χ1n) is 8.40. The quantitative estimate of drug-likeness (QED) is 0.923. The van der Waals surface area contributed by atoms with E-state index in [2.05, 4.69) is 15.2 Å². The zero-order valence-corrected chi connectivity index (χ0v) is 13.6. The van der Waals surface area contributed by atoms with E-state index in [-0.39, 0.29) is 5.91 Å². The standard InChI is InChI=1S/C19H21N3O2/c23-18-19(14-24-17-4-2-1-3-16(17)21-18)7-11-22(12-8-19)13-15-5-9-20-10-6-15/h1-6,9-10H,7-8,11-14H2,(H,21,23). The van der Waals surface area contributed by atoms with Crippen molar-refractivity contribution < 1.29 is 9.53 Å². The molecule has 0 unspecified atom stereocenters. The van der Waals surface area contributed by atoms with Crippen LogP contribution in [0.15, 0.2) is 48.8 Å². The van der Waals surface area contributed by atoms with Crippen LogP contribution < -0.4 is 10.1 Å². The van der Waals surface area contributed by atoms with E-state index >= 15 is 0 Å². The number of hydrogen-bond acceptors (Lipinski definition) is 4. The van der Waals surface area contributed by atoms with Crippen LogP contribution >= 0.6 is 0 Å². The summed E-state index contributed by atoms with van der Waals surface area (Å²) in [5.74, 6) is 0.859. The van der Waals surface area contributed by atoms with E-state index in [9.17, 15) is 4.79 Å². The Balaban J connectivity index is 1.44.